The second-order valence-corrected chi connectivity index (χ2v) is 6.25. The van der Waals surface area contributed by atoms with Gasteiger partial charge < -0.3 is 10.4 Å². The van der Waals surface area contributed by atoms with Crippen LogP contribution in [0.3, 0.4) is 0 Å². The first-order valence-corrected chi connectivity index (χ1v) is 7.21. The summed E-state index contributed by atoms with van der Waals surface area (Å²) in [5.41, 5.74) is 4.16. The van der Waals surface area contributed by atoms with Crippen LogP contribution in [0.5, 0.6) is 5.75 Å². The number of hydrogen-bond acceptors (Lipinski definition) is 2. The van der Waals surface area contributed by atoms with Crippen molar-refractivity contribution in [3.8, 4) is 5.75 Å². The van der Waals surface area contributed by atoms with Gasteiger partial charge in [-0.3, -0.25) is 0 Å². The van der Waals surface area contributed by atoms with E-state index in [0.29, 0.717) is 11.8 Å². The first-order valence-electron chi connectivity index (χ1n) is 7.21. The lowest BCUT2D eigenvalue weighted by atomic mass is 9.71. The molecule has 2 heteroatoms. The summed E-state index contributed by atoms with van der Waals surface area (Å²) in [5.74, 6) is 0.306. The van der Waals surface area contributed by atoms with Gasteiger partial charge in [-0.2, -0.15) is 0 Å². The van der Waals surface area contributed by atoms with E-state index < -0.39 is 0 Å². The first kappa shape index (κ1) is 13.0. The largest absolute Gasteiger partial charge is 0.508 e. The highest BCUT2D eigenvalue weighted by molar-refractivity contribution is 5.50. The van der Waals surface area contributed by atoms with Crippen LogP contribution < -0.4 is 5.32 Å². The van der Waals surface area contributed by atoms with Crippen LogP contribution in [0.25, 0.3) is 0 Å². The highest BCUT2D eigenvalue weighted by atomic mass is 16.3. The molecule has 0 heterocycles. The third kappa shape index (κ3) is 2.38. The Balaban J connectivity index is 1.90. The van der Waals surface area contributed by atoms with E-state index in [-0.39, 0.29) is 5.41 Å². The van der Waals surface area contributed by atoms with Crippen molar-refractivity contribution in [1.29, 1.82) is 0 Å². The quantitative estimate of drug-likeness (QED) is 0.778. The second kappa shape index (κ2) is 4.86. The molecule has 1 atom stereocenters. The lowest BCUT2D eigenvalue weighted by Gasteiger charge is -2.37. The number of nitrogens with one attached hydrogen (secondary N) is 1. The second-order valence-electron chi connectivity index (χ2n) is 6.25. The highest BCUT2D eigenvalue weighted by Crippen LogP contribution is 2.42. The lowest BCUT2D eigenvalue weighted by molar-refractivity contribution is 0.406. The minimum atomic E-state index is 0.254. The van der Waals surface area contributed by atoms with Crippen molar-refractivity contribution in [1.82, 2.24) is 0 Å². The number of phenols is 1. The van der Waals surface area contributed by atoms with E-state index in [1.807, 2.05) is 12.1 Å². The van der Waals surface area contributed by atoms with Crippen molar-refractivity contribution in [2.75, 3.05) is 5.32 Å². The number of rotatable bonds is 2. The Bertz CT molecular complexity index is 601. The van der Waals surface area contributed by atoms with Crippen LogP contribution in [-0.4, -0.2) is 5.11 Å². The molecule has 104 valence electrons. The Morgan fingerprint density at radius 1 is 1.05 bits per heavy atom. The smallest absolute Gasteiger partial charge is 0.115 e. The van der Waals surface area contributed by atoms with Gasteiger partial charge in [0, 0.05) is 5.69 Å². The van der Waals surface area contributed by atoms with E-state index in [4.69, 9.17) is 0 Å². The summed E-state index contributed by atoms with van der Waals surface area (Å²) in [6.07, 6.45) is 2.31. The summed E-state index contributed by atoms with van der Waals surface area (Å²) in [4.78, 5) is 0. The van der Waals surface area contributed by atoms with Gasteiger partial charge in [0.2, 0.25) is 0 Å². The molecule has 0 amide bonds. The Kier molecular flexibility index (Phi) is 3.17. The van der Waals surface area contributed by atoms with Gasteiger partial charge in [0.1, 0.15) is 5.75 Å². The molecule has 0 radical (unpaired) electrons. The van der Waals surface area contributed by atoms with Crippen LogP contribution in [-0.2, 0) is 5.41 Å². The Morgan fingerprint density at radius 2 is 1.75 bits per heavy atom. The molecule has 1 unspecified atom stereocenters. The molecule has 3 rings (SSSR count). The number of benzene rings is 2. The van der Waals surface area contributed by atoms with Crippen LogP contribution in [0, 0.1) is 0 Å². The van der Waals surface area contributed by atoms with E-state index in [1.165, 1.54) is 17.5 Å². The molecule has 20 heavy (non-hydrogen) atoms. The summed E-state index contributed by atoms with van der Waals surface area (Å²) in [6, 6.07) is 16.4. The minimum Gasteiger partial charge on any atom is -0.508 e. The van der Waals surface area contributed by atoms with Gasteiger partial charge in [0.15, 0.2) is 0 Å². The molecule has 0 bridgehead atoms. The molecule has 0 spiro atoms. The average Bonchev–Trinajstić information content (AvgIpc) is 2.45. The summed E-state index contributed by atoms with van der Waals surface area (Å²) < 4.78 is 0. The van der Waals surface area contributed by atoms with Gasteiger partial charge in [-0.05, 0) is 53.6 Å². The molecule has 0 saturated carbocycles. The molecular formula is C18H21NO. The summed E-state index contributed by atoms with van der Waals surface area (Å²) in [6.45, 7) is 4.64. The average molecular weight is 267 g/mol. The van der Waals surface area contributed by atoms with E-state index >= 15 is 0 Å². The maximum absolute atomic E-state index is 9.36. The Hall–Kier alpha value is -1.96. The fourth-order valence-electron chi connectivity index (χ4n) is 3.12. The molecule has 2 nitrogen and oxygen atoms in total. The number of phenolic OH excluding ortho intramolecular Hbond substituents is 1. The van der Waals surface area contributed by atoms with Gasteiger partial charge in [-0.25, -0.2) is 0 Å². The predicted octanol–water partition coefficient (Wildman–Crippen LogP) is 4.62. The monoisotopic (exact) mass is 267 g/mol. The first-order chi connectivity index (χ1) is 9.56. The zero-order chi connectivity index (χ0) is 14.2. The number of anilines is 1. The molecule has 0 aromatic heterocycles. The van der Waals surface area contributed by atoms with Crippen molar-refractivity contribution in [3.05, 3.63) is 59.7 Å². The van der Waals surface area contributed by atoms with Gasteiger partial charge in [-0.1, -0.05) is 38.1 Å². The van der Waals surface area contributed by atoms with Crippen molar-refractivity contribution in [2.24, 2.45) is 0 Å². The fraction of sp³-hybridized carbons (Fsp3) is 0.333. The third-order valence-electron chi connectivity index (χ3n) is 4.33. The van der Waals surface area contributed by atoms with Crippen LogP contribution >= 0.6 is 0 Å². The maximum Gasteiger partial charge on any atom is 0.115 e. The molecule has 1 aliphatic carbocycles. The summed E-state index contributed by atoms with van der Waals surface area (Å²) in [7, 11) is 0. The zero-order valence-corrected chi connectivity index (χ0v) is 12.1. The van der Waals surface area contributed by atoms with Gasteiger partial charge >= 0.3 is 0 Å². The van der Waals surface area contributed by atoms with E-state index in [1.54, 1.807) is 12.1 Å². The number of hydrogen-bond donors (Lipinski definition) is 2. The minimum absolute atomic E-state index is 0.254. The molecule has 1 aliphatic rings. The standard InChI is InChI=1S/C18H21NO/c1-18(2)12-11-17(15-5-3-4-6-16(15)18)19-13-7-9-14(20)10-8-13/h3-10,17,19-20H,11-12H2,1-2H3. The number of aromatic hydroxyl groups is 1. The van der Waals surface area contributed by atoms with Crippen molar-refractivity contribution < 1.29 is 5.11 Å². The van der Waals surface area contributed by atoms with Crippen LogP contribution in [0.1, 0.15) is 43.9 Å². The zero-order valence-electron chi connectivity index (χ0n) is 12.1. The molecule has 0 fully saturated rings. The summed E-state index contributed by atoms with van der Waals surface area (Å²) >= 11 is 0. The Morgan fingerprint density at radius 3 is 2.50 bits per heavy atom. The molecular weight excluding hydrogens is 246 g/mol. The van der Waals surface area contributed by atoms with Gasteiger partial charge in [-0.15, -0.1) is 0 Å². The van der Waals surface area contributed by atoms with Crippen molar-refractivity contribution >= 4 is 5.69 Å². The molecule has 2 aromatic carbocycles. The van der Waals surface area contributed by atoms with Crippen molar-refractivity contribution in [2.45, 2.75) is 38.1 Å². The predicted molar refractivity (Wildman–Crippen MR) is 83.2 cm³/mol. The number of fused-ring (bicyclic) bond motifs is 1. The van der Waals surface area contributed by atoms with Crippen LogP contribution in [0.4, 0.5) is 5.69 Å². The molecule has 0 saturated heterocycles. The molecule has 0 aliphatic heterocycles. The topological polar surface area (TPSA) is 32.3 Å². The highest BCUT2D eigenvalue weighted by Gasteiger charge is 2.32. The Labute approximate surface area is 120 Å². The van der Waals surface area contributed by atoms with E-state index in [0.717, 1.165) is 12.1 Å². The maximum atomic E-state index is 9.36. The van der Waals surface area contributed by atoms with E-state index in [2.05, 4.69) is 43.4 Å². The van der Waals surface area contributed by atoms with Crippen LogP contribution in [0.2, 0.25) is 0 Å². The van der Waals surface area contributed by atoms with E-state index in [9.17, 15) is 5.11 Å². The molecule has 2 aromatic rings. The van der Waals surface area contributed by atoms with Crippen LogP contribution in [0.15, 0.2) is 48.5 Å². The third-order valence-corrected chi connectivity index (χ3v) is 4.33. The SMILES string of the molecule is CC1(C)CCC(Nc2ccc(O)cc2)c2ccccc21. The summed E-state index contributed by atoms with van der Waals surface area (Å²) in [5, 5.41) is 13.0. The fourth-order valence-corrected chi connectivity index (χ4v) is 3.12. The molecule has 2 N–H and O–H groups in total. The lowest BCUT2D eigenvalue weighted by Crippen LogP contribution is -2.29. The van der Waals surface area contributed by atoms with Gasteiger partial charge in [0.05, 0.1) is 6.04 Å². The van der Waals surface area contributed by atoms with Gasteiger partial charge in [0.25, 0.3) is 0 Å². The van der Waals surface area contributed by atoms with Crippen molar-refractivity contribution in [3.63, 3.8) is 0 Å². The normalized spacial score (nSPS) is 20.2.